The fourth-order valence-electron chi connectivity index (χ4n) is 4.57. The summed E-state index contributed by atoms with van der Waals surface area (Å²) in [4.78, 5) is 12.3. The van der Waals surface area contributed by atoms with E-state index in [2.05, 4.69) is 19.2 Å². The Morgan fingerprint density at radius 3 is 1.43 bits per heavy atom. The number of aliphatic hydroxyl groups is 1. The van der Waals surface area contributed by atoms with Crippen LogP contribution in [0.5, 0.6) is 0 Å². The van der Waals surface area contributed by atoms with Crippen LogP contribution in [0.4, 0.5) is 0 Å². The van der Waals surface area contributed by atoms with E-state index >= 15 is 0 Å². The summed E-state index contributed by atoms with van der Waals surface area (Å²) in [7, 11) is -4.28. The van der Waals surface area contributed by atoms with Gasteiger partial charge in [0.05, 0.1) is 17.9 Å². The topological polar surface area (TPSA) is 104 Å². The highest BCUT2D eigenvalue weighted by Crippen LogP contribution is 2.14. The zero-order valence-corrected chi connectivity index (χ0v) is 23.8. The summed E-state index contributed by atoms with van der Waals surface area (Å²) < 4.78 is 32.0. The van der Waals surface area contributed by atoms with Crippen LogP contribution in [-0.4, -0.2) is 41.9 Å². The molecule has 0 heterocycles. The van der Waals surface area contributed by atoms with Gasteiger partial charge >= 0.3 is 0 Å². The fourth-order valence-corrected chi connectivity index (χ4v) is 5.33. The van der Waals surface area contributed by atoms with Crippen LogP contribution >= 0.6 is 0 Å². The minimum absolute atomic E-state index is 0.250. The standard InChI is InChI=1S/C28H57NO5S/c1-3-5-7-9-11-12-13-14-15-16-17-18-20-22-24-28(31)29-26(25-35(32,33)34)27(30)23-21-19-10-8-6-4-2/h26-27,30H,3-25H2,1-2H3,(H,29,31)(H,32,33,34). The van der Waals surface area contributed by atoms with E-state index < -0.39 is 28.0 Å². The van der Waals surface area contributed by atoms with Crippen LogP contribution in [0.15, 0.2) is 0 Å². The summed E-state index contributed by atoms with van der Waals surface area (Å²) in [5, 5.41) is 13.1. The lowest BCUT2D eigenvalue weighted by Crippen LogP contribution is -2.47. The second-order valence-electron chi connectivity index (χ2n) is 10.4. The Labute approximate surface area is 217 Å². The number of carbonyl (C=O) groups excluding carboxylic acids is 1. The van der Waals surface area contributed by atoms with E-state index in [0.29, 0.717) is 12.8 Å². The minimum Gasteiger partial charge on any atom is -0.391 e. The van der Waals surface area contributed by atoms with E-state index in [0.717, 1.165) is 44.9 Å². The molecule has 0 fully saturated rings. The first-order chi connectivity index (χ1) is 16.8. The fraction of sp³-hybridized carbons (Fsp3) is 0.964. The molecule has 0 bridgehead atoms. The van der Waals surface area contributed by atoms with Gasteiger partial charge in [0.25, 0.3) is 10.1 Å². The Balaban J connectivity index is 3.91. The normalized spacial score (nSPS) is 13.6. The van der Waals surface area contributed by atoms with E-state index in [1.54, 1.807) is 0 Å². The molecule has 0 radical (unpaired) electrons. The lowest BCUT2D eigenvalue weighted by Gasteiger charge is -2.23. The summed E-state index contributed by atoms with van der Waals surface area (Å²) in [6.45, 7) is 4.41. The van der Waals surface area contributed by atoms with Gasteiger partial charge in [-0.05, 0) is 12.8 Å². The van der Waals surface area contributed by atoms with Gasteiger partial charge in [0.1, 0.15) is 0 Å². The number of carbonyl (C=O) groups is 1. The Kier molecular flexibility index (Phi) is 23.3. The van der Waals surface area contributed by atoms with Crippen molar-refractivity contribution in [1.29, 1.82) is 0 Å². The van der Waals surface area contributed by atoms with Gasteiger partial charge < -0.3 is 10.4 Å². The van der Waals surface area contributed by atoms with E-state index in [-0.39, 0.29) is 5.91 Å². The molecule has 0 aliphatic heterocycles. The van der Waals surface area contributed by atoms with Gasteiger partial charge in [-0.3, -0.25) is 9.35 Å². The first-order valence-electron chi connectivity index (χ1n) is 14.7. The van der Waals surface area contributed by atoms with Crippen LogP contribution in [0.1, 0.15) is 155 Å². The second kappa shape index (κ2) is 23.7. The minimum atomic E-state index is -4.28. The first-order valence-corrected chi connectivity index (χ1v) is 16.3. The van der Waals surface area contributed by atoms with E-state index in [1.165, 1.54) is 83.5 Å². The largest absolute Gasteiger partial charge is 0.391 e. The molecule has 0 aliphatic rings. The number of rotatable bonds is 26. The van der Waals surface area contributed by atoms with Crippen LogP contribution in [0.3, 0.4) is 0 Å². The molecule has 0 saturated heterocycles. The quantitative estimate of drug-likeness (QED) is 0.0819. The Morgan fingerprint density at radius 1 is 0.657 bits per heavy atom. The third kappa shape index (κ3) is 24.8. The lowest BCUT2D eigenvalue weighted by atomic mass is 10.0. The summed E-state index contributed by atoms with van der Waals surface area (Å²) >= 11 is 0. The molecule has 35 heavy (non-hydrogen) atoms. The molecule has 3 N–H and O–H groups in total. The molecule has 0 spiro atoms. The second-order valence-corrected chi connectivity index (χ2v) is 11.9. The molecule has 0 aromatic heterocycles. The highest BCUT2D eigenvalue weighted by atomic mass is 32.2. The molecule has 0 aromatic rings. The third-order valence-electron chi connectivity index (χ3n) is 6.81. The zero-order valence-electron chi connectivity index (χ0n) is 22.9. The molecule has 0 aromatic carbocycles. The zero-order chi connectivity index (χ0) is 26.2. The van der Waals surface area contributed by atoms with Crippen LogP contribution in [-0.2, 0) is 14.9 Å². The molecule has 0 saturated carbocycles. The number of hydrogen-bond acceptors (Lipinski definition) is 4. The summed E-state index contributed by atoms with van der Waals surface area (Å²) in [5.41, 5.74) is 0. The molecule has 2 unspecified atom stereocenters. The van der Waals surface area contributed by atoms with Crippen LogP contribution in [0.2, 0.25) is 0 Å². The van der Waals surface area contributed by atoms with Crippen molar-refractivity contribution in [1.82, 2.24) is 5.32 Å². The highest BCUT2D eigenvalue weighted by molar-refractivity contribution is 7.85. The predicted octanol–water partition coefficient (Wildman–Crippen LogP) is 7.34. The summed E-state index contributed by atoms with van der Waals surface area (Å²) in [6, 6.07) is -0.959. The van der Waals surface area contributed by atoms with Gasteiger partial charge in [0.15, 0.2) is 0 Å². The number of aliphatic hydroxyl groups excluding tert-OH is 1. The molecule has 7 heteroatoms. The number of hydrogen-bond donors (Lipinski definition) is 3. The molecule has 1 amide bonds. The van der Waals surface area contributed by atoms with Gasteiger partial charge in [-0.25, -0.2) is 0 Å². The molecule has 0 rings (SSSR count). The average molecular weight is 520 g/mol. The smallest absolute Gasteiger partial charge is 0.266 e. The molecule has 0 aliphatic carbocycles. The van der Waals surface area contributed by atoms with Crippen LogP contribution in [0.25, 0.3) is 0 Å². The van der Waals surface area contributed by atoms with Crippen molar-refractivity contribution in [3.05, 3.63) is 0 Å². The van der Waals surface area contributed by atoms with Crippen molar-refractivity contribution in [3.8, 4) is 0 Å². The SMILES string of the molecule is CCCCCCCCCCCCCCCCC(=O)NC(CS(=O)(=O)O)C(O)CCCCCCCC. The maximum absolute atomic E-state index is 12.3. The summed E-state index contributed by atoms with van der Waals surface area (Å²) in [6.07, 6.45) is 23.6. The Bertz CT molecular complexity index is 582. The monoisotopic (exact) mass is 519 g/mol. The van der Waals surface area contributed by atoms with E-state index in [1.807, 2.05) is 0 Å². The van der Waals surface area contributed by atoms with Gasteiger partial charge in [0, 0.05) is 6.42 Å². The molecule has 6 nitrogen and oxygen atoms in total. The van der Waals surface area contributed by atoms with Crippen molar-refractivity contribution in [2.45, 2.75) is 167 Å². The maximum atomic E-state index is 12.3. The van der Waals surface area contributed by atoms with Gasteiger partial charge in [-0.2, -0.15) is 8.42 Å². The lowest BCUT2D eigenvalue weighted by molar-refractivity contribution is -0.122. The molecule has 210 valence electrons. The first kappa shape index (κ1) is 34.3. The predicted molar refractivity (Wildman–Crippen MR) is 147 cm³/mol. The number of unbranched alkanes of at least 4 members (excludes halogenated alkanes) is 18. The van der Waals surface area contributed by atoms with E-state index in [4.69, 9.17) is 0 Å². The van der Waals surface area contributed by atoms with E-state index in [9.17, 15) is 22.9 Å². The number of amides is 1. The van der Waals surface area contributed by atoms with Crippen molar-refractivity contribution in [3.63, 3.8) is 0 Å². The summed E-state index contributed by atoms with van der Waals surface area (Å²) in [5.74, 6) is -0.895. The molecule has 2 atom stereocenters. The molecular weight excluding hydrogens is 462 g/mol. The van der Waals surface area contributed by atoms with Crippen molar-refractivity contribution in [2.24, 2.45) is 0 Å². The molecular formula is C28H57NO5S. The van der Waals surface area contributed by atoms with Crippen molar-refractivity contribution in [2.75, 3.05) is 5.75 Å². The highest BCUT2D eigenvalue weighted by Gasteiger charge is 2.25. The third-order valence-corrected chi connectivity index (χ3v) is 7.59. The Hall–Kier alpha value is -0.660. The average Bonchev–Trinajstić information content (AvgIpc) is 2.80. The van der Waals surface area contributed by atoms with Crippen molar-refractivity contribution >= 4 is 16.0 Å². The van der Waals surface area contributed by atoms with Crippen LogP contribution in [0, 0.1) is 0 Å². The van der Waals surface area contributed by atoms with Gasteiger partial charge in [0.2, 0.25) is 5.91 Å². The van der Waals surface area contributed by atoms with Gasteiger partial charge in [-0.1, -0.05) is 136 Å². The van der Waals surface area contributed by atoms with Crippen molar-refractivity contribution < 1.29 is 22.9 Å². The number of nitrogens with one attached hydrogen (secondary N) is 1. The Morgan fingerprint density at radius 2 is 1.03 bits per heavy atom. The maximum Gasteiger partial charge on any atom is 0.266 e. The van der Waals surface area contributed by atoms with Gasteiger partial charge in [-0.15, -0.1) is 0 Å². The van der Waals surface area contributed by atoms with Crippen LogP contribution < -0.4 is 5.32 Å².